The summed E-state index contributed by atoms with van der Waals surface area (Å²) >= 11 is 0. The van der Waals surface area contributed by atoms with E-state index in [1.165, 1.54) is 0 Å². The molecule has 1 amide bonds. The van der Waals surface area contributed by atoms with E-state index >= 15 is 0 Å². The van der Waals surface area contributed by atoms with Crippen LogP contribution in [0.4, 0.5) is 5.69 Å². The number of ether oxygens (including phenoxy) is 1. The van der Waals surface area contributed by atoms with E-state index in [1.807, 2.05) is 30.3 Å². The van der Waals surface area contributed by atoms with Gasteiger partial charge >= 0.3 is 6.01 Å². The number of hydrogen-bond donors (Lipinski definition) is 0. The fourth-order valence-corrected chi connectivity index (χ4v) is 2.17. The summed E-state index contributed by atoms with van der Waals surface area (Å²) < 4.78 is 5.52. The summed E-state index contributed by atoms with van der Waals surface area (Å²) in [6.45, 7) is 0.737. The molecule has 5 nitrogen and oxygen atoms in total. The minimum Gasteiger partial charge on any atom is -0.424 e. The predicted octanol–water partition coefficient (Wildman–Crippen LogP) is 2.79. The van der Waals surface area contributed by atoms with Gasteiger partial charge in [-0.2, -0.15) is 0 Å². The summed E-state index contributed by atoms with van der Waals surface area (Å²) in [6.07, 6.45) is 5.85. The summed E-state index contributed by atoms with van der Waals surface area (Å²) in [6, 6.07) is 9.64. The van der Waals surface area contributed by atoms with Gasteiger partial charge in [-0.15, -0.1) is 0 Å². The minimum absolute atomic E-state index is 0.136. The Balaban J connectivity index is 1.72. The maximum Gasteiger partial charge on any atom is 0.322 e. The van der Waals surface area contributed by atoms with Crippen molar-refractivity contribution in [3.05, 3.63) is 42.7 Å². The molecule has 3 rings (SSSR count). The summed E-state index contributed by atoms with van der Waals surface area (Å²) in [7, 11) is 0. The molecule has 1 aliphatic heterocycles. The molecule has 0 atom stereocenters. The van der Waals surface area contributed by atoms with Gasteiger partial charge in [-0.1, -0.05) is 18.2 Å². The van der Waals surface area contributed by atoms with Crippen molar-refractivity contribution in [2.75, 3.05) is 11.4 Å². The Morgan fingerprint density at radius 2 is 1.80 bits per heavy atom. The molecule has 2 heterocycles. The van der Waals surface area contributed by atoms with Crippen LogP contribution in [0.5, 0.6) is 11.8 Å². The lowest BCUT2D eigenvalue weighted by Gasteiger charge is -2.25. The SMILES string of the molecule is O=C1CCCCN1c1cnc(Oc2ccccc2)nc1. The molecule has 1 fully saturated rings. The number of anilines is 1. The molecule has 1 aromatic heterocycles. The van der Waals surface area contributed by atoms with E-state index in [1.54, 1.807) is 17.3 Å². The first-order valence-corrected chi connectivity index (χ1v) is 6.68. The van der Waals surface area contributed by atoms with Gasteiger partial charge < -0.3 is 9.64 Å². The molecule has 0 spiro atoms. The van der Waals surface area contributed by atoms with Crippen molar-refractivity contribution in [2.24, 2.45) is 0 Å². The highest BCUT2D eigenvalue weighted by Crippen LogP contribution is 2.22. The van der Waals surface area contributed by atoms with Gasteiger partial charge in [-0.3, -0.25) is 4.79 Å². The number of hydrogen-bond acceptors (Lipinski definition) is 4. The third-order valence-electron chi connectivity index (χ3n) is 3.20. The van der Waals surface area contributed by atoms with Gasteiger partial charge in [0.2, 0.25) is 5.91 Å². The number of para-hydroxylation sites is 1. The molecule has 1 saturated heterocycles. The Morgan fingerprint density at radius 3 is 2.50 bits per heavy atom. The number of benzene rings is 1. The predicted molar refractivity (Wildman–Crippen MR) is 74.8 cm³/mol. The van der Waals surface area contributed by atoms with Crippen LogP contribution >= 0.6 is 0 Å². The van der Waals surface area contributed by atoms with Crippen molar-refractivity contribution in [1.82, 2.24) is 9.97 Å². The molecule has 0 aliphatic carbocycles. The van der Waals surface area contributed by atoms with Crippen LogP contribution in [0, 0.1) is 0 Å². The average Bonchev–Trinajstić information content (AvgIpc) is 2.50. The Morgan fingerprint density at radius 1 is 1.05 bits per heavy atom. The molecule has 0 N–H and O–H groups in total. The first kappa shape index (κ1) is 12.6. The zero-order valence-electron chi connectivity index (χ0n) is 11.0. The fraction of sp³-hybridized carbons (Fsp3) is 0.267. The number of carbonyl (C=O) groups excluding carboxylic acids is 1. The van der Waals surface area contributed by atoms with Gasteiger partial charge in [-0.05, 0) is 25.0 Å². The van der Waals surface area contributed by atoms with Crippen LogP contribution in [0.25, 0.3) is 0 Å². The molecule has 102 valence electrons. The normalized spacial score (nSPS) is 15.2. The van der Waals surface area contributed by atoms with Crippen LogP contribution in [-0.4, -0.2) is 22.4 Å². The molecule has 0 bridgehead atoms. The van der Waals surface area contributed by atoms with E-state index in [0.29, 0.717) is 12.2 Å². The zero-order valence-corrected chi connectivity index (χ0v) is 11.0. The van der Waals surface area contributed by atoms with Crippen molar-refractivity contribution >= 4 is 11.6 Å². The molecule has 20 heavy (non-hydrogen) atoms. The third-order valence-corrected chi connectivity index (χ3v) is 3.20. The number of piperidine rings is 1. The lowest BCUT2D eigenvalue weighted by molar-refractivity contribution is -0.119. The molecule has 0 radical (unpaired) electrons. The lowest BCUT2D eigenvalue weighted by Crippen LogP contribution is -2.35. The minimum atomic E-state index is 0.136. The first-order valence-electron chi connectivity index (χ1n) is 6.68. The molecule has 1 aromatic carbocycles. The average molecular weight is 269 g/mol. The Kier molecular flexibility index (Phi) is 3.58. The van der Waals surface area contributed by atoms with Gasteiger partial charge in [0, 0.05) is 13.0 Å². The summed E-state index contributed by atoms with van der Waals surface area (Å²) in [4.78, 5) is 21.9. The van der Waals surface area contributed by atoms with E-state index < -0.39 is 0 Å². The summed E-state index contributed by atoms with van der Waals surface area (Å²) in [5.41, 5.74) is 0.732. The van der Waals surface area contributed by atoms with Crippen LogP contribution < -0.4 is 9.64 Å². The second-order valence-electron chi connectivity index (χ2n) is 4.64. The van der Waals surface area contributed by atoms with Crippen molar-refractivity contribution in [2.45, 2.75) is 19.3 Å². The standard InChI is InChI=1S/C15H15N3O2/c19-14-8-4-5-9-18(14)12-10-16-15(17-11-12)20-13-6-2-1-3-7-13/h1-3,6-7,10-11H,4-5,8-9H2. The maximum atomic E-state index is 11.8. The van der Waals surface area contributed by atoms with Crippen molar-refractivity contribution in [3.63, 3.8) is 0 Å². The second kappa shape index (κ2) is 5.69. The number of amides is 1. The first-order chi connectivity index (χ1) is 9.83. The molecule has 1 aliphatic rings. The second-order valence-corrected chi connectivity index (χ2v) is 4.64. The number of nitrogens with zero attached hydrogens (tertiary/aromatic N) is 3. The van der Waals surface area contributed by atoms with Crippen LogP contribution in [0.1, 0.15) is 19.3 Å². The number of aromatic nitrogens is 2. The van der Waals surface area contributed by atoms with Crippen molar-refractivity contribution < 1.29 is 9.53 Å². The highest BCUT2D eigenvalue weighted by molar-refractivity contribution is 5.93. The van der Waals surface area contributed by atoms with Gasteiger partial charge in [-0.25, -0.2) is 9.97 Å². The Labute approximate surface area is 117 Å². The molecule has 2 aromatic rings. The highest BCUT2D eigenvalue weighted by Gasteiger charge is 2.20. The Bertz CT molecular complexity index is 584. The van der Waals surface area contributed by atoms with Crippen molar-refractivity contribution in [1.29, 1.82) is 0 Å². The fourth-order valence-electron chi connectivity index (χ4n) is 2.17. The summed E-state index contributed by atoms with van der Waals surface area (Å²) in [5.74, 6) is 0.825. The topological polar surface area (TPSA) is 55.3 Å². The lowest BCUT2D eigenvalue weighted by atomic mass is 10.1. The van der Waals surface area contributed by atoms with Crippen molar-refractivity contribution in [3.8, 4) is 11.8 Å². The Hall–Kier alpha value is -2.43. The van der Waals surface area contributed by atoms with E-state index in [2.05, 4.69) is 9.97 Å². The van der Waals surface area contributed by atoms with E-state index in [4.69, 9.17) is 4.74 Å². The maximum absolute atomic E-state index is 11.8. The highest BCUT2D eigenvalue weighted by atomic mass is 16.5. The van der Waals surface area contributed by atoms with Crippen LogP contribution in [0.2, 0.25) is 0 Å². The molecular weight excluding hydrogens is 254 g/mol. The van der Waals surface area contributed by atoms with Gasteiger partial charge in [0.1, 0.15) is 5.75 Å². The van der Waals surface area contributed by atoms with Crippen LogP contribution in [0.3, 0.4) is 0 Å². The molecule has 0 saturated carbocycles. The summed E-state index contributed by atoms with van der Waals surface area (Å²) in [5, 5.41) is 0. The largest absolute Gasteiger partial charge is 0.424 e. The van der Waals surface area contributed by atoms with Crippen LogP contribution in [-0.2, 0) is 4.79 Å². The zero-order chi connectivity index (χ0) is 13.8. The van der Waals surface area contributed by atoms with Gasteiger partial charge in [0.25, 0.3) is 0 Å². The van der Waals surface area contributed by atoms with Gasteiger partial charge in [0.15, 0.2) is 0 Å². The number of carbonyl (C=O) groups is 1. The van der Waals surface area contributed by atoms with Gasteiger partial charge in [0.05, 0.1) is 18.1 Å². The number of rotatable bonds is 3. The molecular formula is C15H15N3O2. The smallest absolute Gasteiger partial charge is 0.322 e. The monoisotopic (exact) mass is 269 g/mol. The third kappa shape index (κ3) is 2.77. The molecule has 0 unspecified atom stereocenters. The van der Waals surface area contributed by atoms with Crippen LogP contribution in [0.15, 0.2) is 42.7 Å². The van der Waals surface area contributed by atoms with E-state index in [0.717, 1.165) is 25.1 Å². The van der Waals surface area contributed by atoms with E-state index in [9.17, 15) is 4.79 Å². The molecule has 5 heteroatoms. The van der Waals surface area contributed by atoms with E-state index in [-0.39, 0.29) is 11.9 Å². The quantitative estimate of drug-likeness (QED) is 0.859.